The molecule has 5 heteroatoms. The molecule has 20 heavy (non-hydrogen) atoms. The molecule has 1 heterocycles. The molecule has 0 unspecified atom stereocenters. The van der Waals surface area contributed by atoms with Crippen LogP contribution in [-0.2, 0) is 4.79 Å². The molecule has 2 rings (SSSR count). The number of hydrogen-bond donors (Lipinski definition) is 3. The Kier molecular flexibility index (Phi) is 4.07. The van der Waals surface area contributed by atoms with E-state index in [-0.39, 0.29) is 5.70 Å². The van der Waals surface area contributed by atoms with Gasteiger partial charge in [0.05, 0.1) is 11.0 Å². The summed E-state index contributed by atoms with van der Waals surface area (Å²) in [5, 5.41) is 2.84. The number of aromatic amines is 2. The van der Waals surface area contributed by atoms with E-state index in [9.17, 15) is 4.79 Å². The SMILES string of the molecule is C#CC#CC#CC(=C=O)Nc1ccc2[nH]c(=S)[nH]c2c1. The average Bonchev–Trinajstić information content (AvgIpc) is 2.81. The third kappa shape index (κ3) is 3.19. The molecule has 0 aliphatic heterocycles. The number of fused-ring (bicyclic) bond motifs is 1. The second kappa shape index (κ2) is 6.14. The molecule has 3 N–H and O–H groups in total. The second-order valence-electron chi connectivity index (χ2n) is 3.59. The number of aromatic nitrogens is 2. The molecule has 0 spiro atoms. The highest BCUT2D eigenvalue weighted by Crippen LogP contribution is 2.17. The number of anilines is 1. The lowest BCUT2D eigenvalue weighted by Gasteiger charge is -2.01. The van der Waals surface area contributed by atoms with Crippen molar-refractivity contribution in [1.82, 2.24) is 9.97 Å². The van der Waals surface area contributed by atoms with Crippen molar-refractivity contribution in [3.63, 3.8) is 0 Å². The van der Waals surface area contributed by atoms with Crippen LogP contribution in [0.5, 0.6) is 0 Å². The first-order valence-corrected chi connectivity index (χ1v) is 5.84. The Balaban J connectivity index is 2.25. The number of imidazole rings is 1. The molecule has 0 aliphatic carbocycles. The zero-order valence-corrected chi connectivity index (χ0v) is 10.9. The molecule has 1 aromatic carbocycles. The van der Waals surface area contributed by atoms with Gasteiger partial charge in [-0.1, -0.05) is 0 Å². The number of H-pyrrole nitrogens is 2. The van der Waals surface area contributed by atoms with E-state index in [0.29, 0.717) is 10.5 Å². The van der Waals surface area contributed by atoms with Crippen molar-refractivity contribution >= 4 is 34.9 Å². The molecule has 1 aromatic heterocycles. The third-order valence-electron chi connectivity index (χ3n) is 2.27. The van der Waals surface area contributed by atoms with Crippen LogP contribution in [0.1, 0.15) is 0 Å². The third-order valence-corrected chi connectivity index (χ3v) is 2.48. The van der Waals surface area contributed by atoms with E-state index in [1.54, 1.807) is 18.1 Å². The van der Waals surface area contributed by atoms with Crippen molar-refractivity contribution < 1.29 is 4.79 Å². The number of terminal acetylenes is 1. The molecule has 2 aromatic rings. The highest BCUT2D eigenvalue weighted by molar-refractivity contribution is 7.71. The summed E-state index contributed by atoms with van der Waals surface area (Å²) < 4.78 is 0.535. The van der Waals surface area contributed by atoms with Crippen LogP contribution in [0.25, 0.3) is 11.0 Å². The van der Waals surface area contributed by atoms with Gasteiger partial charge in [-0.15, -0.1) is 6.42 Å². The summed E-state index contributed by atoms with van der Waals surface area (Å²) in [5.74, 6) is 13.5. The zero-order valence-electron chi connectivity index (χ0n) is 10.1. The van der Waals surface area contributed by atoms with Gasteiger partial charge in [0, 0.05) is 5.69 Å². The highest BCUT2D eigenvalue weighted by atomic mass is 32.1. The first-order valence-electron chi connectivity index (χ1n) is 5.43. The normalized spacial score (nSPS) is 8.35. The van der Waals surface area contributed by atoms with Gasteiger partial charge >= 0.3 is 0 Å². The monoisotopic (exact) mass is 277 g/mol. The molecular weight excluding hydrogens is 270 g/mol. The minimum absolute atomic E-state index is 0.0739. The molecule has 0 saturated heterocycles. The van der Waals surface area contributed by atoms with Crippen LogP contribution in [0.2, 0.25) is 0 Å². The molecule has 0 atom stereocenters. The summed E-state index contributed by atoms with van der Waals surface area (Å²) in [6, 6.07) is 5.42. The smallest absolute Gasteiger partial charge is 0.176 e. The Bertz CT molecular complexity index is 929. The van der Waals surface area contributed by atoms with E-state index in [1.807, 2.05) is 6.07 Å². The maximum absolute atomic E-state index is 10.8. The lowest BCUT2D eigenvalue weighted by Crippen LogP contribution is -1.97. The standard InChI is InChI=1S/C15H7N3OS/c1-2-3-4-5-6-12(10-19)16-11-7-8-13-14(9-11)18-15(20)17-13/h1,7-9,16H,(H2,17,18,20). The lowest BCUT2D eigenvalue weighted by molar-refractivity contribution is 0.568. The maximum atomic E-state index is 10.8. The van der Waals surface area contributed by atoms with Gasteiger partial charge in [-0.2, -0.15) is 0 Å². The summed E-state index contributed by atoms with van der Waals surface area (Å²) in [6.45, 7) is 0. The topological polar surface area (TPSA) is 60.7 Å². The number of benzene rings is 1. The largest absolute Gasteiger partial charge is 0.339 e. The van der Waals surface area contributed by atoms with Crippen molar-refractivity contribution in [3.8, 4) is 36.0 Å². The van der Waals surface area contributed by atoms with Crippen LogP contribution < -0.4 is 5.32 Å². The number of hydrogen-bond acceptors (Lipinski definition) is 3. The Hall–Kier alpha value is -3.16. The minimum Gasteiger partial charge on any atom is -0.339 e. The summed E-state index contributed by atoms with van der Waals surface area (Å²) >= 11 is 5.00. The molecular formula is C15H7N3OS. The Morgan fingerprint density at radius 3 is 2.75 bits per heavy atom. The summed E-state index contributed by atoms with van der Waals surface area (Å²) in [6.07, 6.45) is 4.95. The fourth-order valence-electron chi connectivity index (χ4n) is 1.50. The van der Waals surface area contributed by atoms with E-state index in [2.05, 4.69) is 44.9 Å². The molecule has 0 radical (unpaired) electrons. The Morgan fingerprint density at radius 2 is 2.00 bits per heavy atom. The number of carbonyl (C=O) groups excluding carboxylic acids is 1. The number of allylic oxidation sites excluding steroid dienone is 1. The maximum Gasteiger partial charge on any atom is 0.176 e. The van der Waals surface area contributed by atoms with Gasteiger partial charge in [0.15, 0.2) is 16.4 Å². The van der Waals surface area contributed by atoms with Crippen molar-refractivity contribution in [2.75, 3.05) is 5.32 Å². The van der Waals surface area contributed by atoms with E-state index in [4.69, 9.17) is 18.6 Å². The van der Waals surface area contributed by atoms with Crippen LogP contribution in [0.15, 0.2) is 23.9 Å². The molecule has 0 bridgehead atoms. The van der Waals surface area contributed by atoms with Crippen molar-refractivity contribution in [2.24, 2.45) is 0 Å². The summed E-state index contributed by atoms with van der Waals surface area (Å²) in [4.78, 5) is 16.8. The Labute approximate surface area is 120 Å². The van der Waals surface area contributed by atoms with Gasteiger partial charge in [0.25, 0.3) is 0 Å². The van der Waals surface area contributed by atoms with Crippen LogP contribution in [-0.4, -0.2) is 15.9 Å². The molecule has 4 nitrogen and oxygen atoms in total. The van der Waals surface area contributed by atoms with Gasteiger partial charge in [-0.25, -0.2) is 4.79 Å². The van der Waals surface area contributed by atoms with Gasteiger partial charge in [0.1, 0.15) is 0 Å². The minimum atomic E-state index is 0.0739. The van der Waals surface area contributed by atoms with Crippen LogP contribution in [0.4, 0.5) is 5.69 Å². The molecule has 0 fully saturated rings. The second-order valence-corrected chi connectivity index (χ2v) is 3.99. The Morgan fingerprint density at radius 1 is 1.20 bits per heavy atom. The molecule has 0 saturated carbocycles. The number of nitrogens with one attached hydrogen (secondary N) is 3. The van der Waals surface area contributed by atoms with Gasteiger partial charge in [-0.3, -0.25) is 0 Å². The highest BCUT2D eigenvalue weighted by Gasteiger charge is 2.00. The van der Waals surface area contributed by atoms with Crippen molar-refractivity contribution in [1.29, 1.82) is 0 Å². The fourth-order valence-corrected chi connectivity index (χ4v) is 1.72. The summed E-state index contributed by atoms with van der Waals surface area (Å²) in [5.41, 5.74) is 2.46. The van der Waals surface area contributed by atoms with Gasteiger partial charge in [-0.05, 0) is 60.0 Å². The van der Waals surface area contributed by atoms with Crippen molar-refractivity contribution in [3.05, 3.63) is 28.7 Å². The van der Waals surface area contributed by atoms with Crippen LogP contribution in [0, 0.1) is 40.8 Å². The molecule has 0 aliphatic rings. The van der Waals surface area contributed by atoms with E-state index >= 15 is 0 Å². The fraction of sp³-hybridized carbons (Fsp3) is 0. The lowest BCUT2D eigenvalue weighted by atomic mass is 10.2. The van der Waals surface area contributed by atoms with Crippen LogP contribution >= 0.6 is 12.2 Å². The summed E-state index contributed by atoms with van der Waals surface area (Å²) in [7, 11) is 0. The predicted octanol–water partition coefficient (Wildman–Crippen LogP) is 1.99. The van der Waals surface area contributed by atoms with E-state index in [0.717, 1.165) is 11.0 Å². The van der Waals surface area contributed by atoms with E-state index in [1.165, 1.54) is 0 Å². The quantitative estimate of drug-likeness (QED) is 0.447. The van der Waals surface area contributed by atoms with Crippen LogP contribution in [0.3, 0.4) is 0 Å². The average molecular weight is 277 g/mol. The van der Waals surface area contributed by atoms with Gasteiger partial charge in [0.2, 0.25) is 0 Å². The zero-order chi connectivity index (χ0) is 14.4. The van der Waals surface area contributed by atoms with E-state index < -0.39 is 0 Å². The number of rotatable bonds is 2. The predicted molar refractivity (Wildman–Crippen MR) is 80.7 cm³/mol. The first kappa shape index (κ1) is 13.3. The molecule has 94 valence electrons. The first-order chi connectivity index (χ1) is 9.72. The molecule has 0 amide bonds. The van der Waals surface area contributed by atoms with Crippen molar-refractivity contribution in [2.45, 2.75) is 0 Å². The van der Waals surface area contributed by atoms with Gasteiger partial charge < -0.3 is 15.3 Å².